The highest BCUT2D eigenvalue weighted by Crippen LogP contribution is 2.27. The molecule has 0 saturated heterocycles. The van der Waals surface area contributed by atoms with Crippen LogP contribution >= 0.6 is 11.8 Å². The molecule has 0 aliphatic heterocycles. The van der Waals surface area contributed by atoms with Crippen molar-refractivity contribution in [3.05, 3.63) is 42.1 Å². The van der Waals surface area contributed by atoms with Crippen LogP contribution in [-0.2, 0) is 0 Å². The van der Waals surface area contributed by atoms with Crippen molar-refractivity contribution in [2.75, 3.05) is 6.61 Å². The minimum absolute atomic E-state index is 0.398. The number of aromatic amines is 1. The topological polar surface area (TPSA) is 74.6 Å². The quantitative estimate of drug-likeness (QED) is 0.799. The summed E-state index contributed by atoms with van der Waals surface area (Å²) < 4.78 is 5.47. The lowest BCUT2D eigenvalue weighted by Gasteiger charge is -2.00. The molecule has 6 heteroatoms. The van der Waals surface area contributed by atoms with Crippen molar-refractivity contribution in [3.63, 3.8) is 0 Å². The Labute approximate surface area is 126 Å². The van der Waals surface area contributed by atoms with Crippen LogP contribution in [0.15, 0.2) is 46.6 Å². The van der Waals surface area contributed by atoms with Gasteiger partial charge in [0, 0.05) is 6.07 Å². The van der Waals surface area contributed by atoms with E-state index in [0.29, 0.717) is 12.3 Å². The predicted octanol–water partition coefficient (Wildman–Crippen LogP) is 3.38. The Morgan fingerprint density at radius 1 is 1.29 bits per heavy atom. The van der Waals surface area contributed by atoms with Gasteiger partial charge in [0.05, 0.1) is 17.6 Å². The van der Waals surface area contributed by atoms with Crippen molar-refractivity contribution >= 4 is 22.8 Å². The number of imidazole rings is 1. The average Bonchev–Trinajstić information content (AvgIpc) is 2.89. The van der Waals surface area contributed by atoms with E-state index in [0.717, 1.165) is 27.0 Å². The molecule has 2 aromatic heterocycles. The van der Waals surface area contributed by atoms with Crippen LogP contribution in [0.2, 0.25) is 0 Å². The summed E-state index contributed by atoms with van der Waals surface area (Å²) in [6.07, 6.45) is 0. The highest BCUT2D eigenvalue weighted by molar-refractivity contribution is 7.99. The number of hydrogen-bond acceptors (Lipinski definition) is 5. The Balaban J connectivity index is 1.88. The lowest BCUT2D eigenvalue weighted by Crippen LogP contribution is -1.90. The van der Waals surface area contributed by atoms with Gasteiger partial charge in [-0.05, 0) is 43.0 Å². The molecule has 5 nitrogen and oxygen atoms in total. The maximum atomic E-state index is 8.86. The van der Waals surface area contributed by atoms with Crippen LogP contribution in [0.5, 0.6) is 5.75 Å². The van der Waals surface area contributed by atoms with Gasteiger partial charge in [0.1, 0.15) is 22.5 Å². The fourth-order valence-corrected chi connectivity index (χ4v) is 2.70. The first-order chi connectivity index (χ1) is 10.3. The van der Waals surface area contributed by atoms with Crippen molar-refractivity contribution in [2.24, 2.45) is 0 Å². The number of H-pyrrole nitrogens is 1. The third-order valence-corrected chi connectivity index (χ3v) is 3.61. The van der Waals surface area contributed by atoms with Crippen LogP contribution in [0.3, 0.4) is 0 Å². The van der Waals surface area contributed by atoms with Gasteiger partial charge in [0.15, 0.2) is 5.16 Å². The van der Waals surface area contributed by atoms with Crippen LogP contribution < -0.4 is 4.74 Å². The highest BCUT2D eigenvalue weighted by atomic mass is 32.2. The lowest BCUT2D eigenvalue weighted by molar-refractivity contribution is 0.340. The van der Waals surface area contributed by atoms with Gasteiger partial charge in [-0.2, -0.15) is 5.26 Å². The molecule has 0 aliphatic rings. The number of rotatable bonds is 4. The summed E-state index contributed by atoms with van der Waals surface area (Å²) in [6, 6.07) is 13.1. The Kier molecular flexibility index (Phi) is 3.75. The van der Waals surface area contributed by atoms with Gasteiger partial charge >= 0.3 is 0 Å². The summed E-state index contributed by atoms with van der Waals surface area (Å²) in [4.78, 5) is 11.9. The average molecular weight is 296 g/mol. The molecule has 0 spiro atoms. The summed E-state index contributed by atoms with van der Waals surface area (Å²) in [5.41, 5.74) is 2.19. The summed E-state index contributed by atoms with van der Waals surface area (Å²) >= 11 is 1.39. The molecule has 0 bridgehead atoms. The molecule has 0 radical (unpaired) electrons. The maximum Gasteiger partial charge on any atom is 0.172 e. The summed E-state index contributed by atoms with van der Waals surface area (Å²) in [5.74, 6) is 0.815. The van der Waals surface area contributed by atoms with Crippen LogP contribution in [0.4, 0.5) is 0 Å². The number of nitriles is 1. The van der Waals surface area contributed by atoms with Gasteiger partial charge in [-0.1, -0.05) is 6.07 Å². The smallest absolute Gasteiger partial charge is 0.172 e. The number of nitrogens with zero attached hydrogens (tertiary/aromatic N) is 3. The SMILES string of the molecule is CCOc1ccc2nc(Sc3cccc(C#N)n3)[nH]c2c1. The monoisotopic (exact) mass is 296 g/mol. The van der Waals surface area contributed by atoms with Gasteiger partial charge in [-0.15, -0.1) is 0 Å². The summed E-state index contributed by atoms with van der Waals surface area (Å²) in [6.45, 7) is 2.58. The molecule has 0 unspecified atom stereocenters. The Morgan fingerprint density at radius 3 is 3.00 bits per heavy atom. The molecule has 0 amide bonds. The zero-order valence-corrected chi connectivity index (χ0v) is 12.1. The second-order valence-corrected chi connectivity index (χ2v) is 5.24. The fourth-order valence-electron chi connectivity index (χ4n) is 1.90. The molecule has 0 fully saturated rings. The van der Waals surface area contributed by atoms with E-state index >= 15 is 0 Å². The van der Waals surface area contributed by atoms with Crippen molar-refractivity contribution < 1.29 is 4.74 Å². The molecule has 3 aromatic rings. The third-order valence-electron chi connectivity index (χ3n) is 2.78. The van der Waals surface area contributed by atoms with E-state index in [1.54, 1.807) is 6.07 Å². The number of nitrogens with one attached hydrogen (secondary N) is 1. The first-order valence-electron chi connectivity index (χ1n) is 6.46. The van der Waals surface area contributed by atoms with Crippen molar-refractivity contribution in [3.8, 4) is 11.8 Å². The zero-order valence-electron chi connectivity index (χ0n) is 11.3. The van der Waals surface area contributed by atoms with E-state index in [9.17, 15) is 0 Å². The highest BCUT2D eigenvalue weighted by Gasteiger charge is 2.07. The van der Waals surface area contributed by atoms with E-state index in [1.807, 2.05) is 43.3 Å². The molecule has 1 N–H and O–H groups in total. The number of ether oxygens (including phenoxy) is 1. The number of hydrogen-bond donors (Lipinski definition) is 1. The normalized spacial score (nSPS) is 10.5. The molecule has 2 heterocycles. The fraction of sp³-hybridized carbons (Fsp3) is 0.133. The van der Waals surface area contributed by atoms with Gasteiger partial charge < -0.3 is 9.72 Å². The molecular weight excluding hydrogens is 284 g/mol. The Hall–Kier alpha value is -2.52. The van der Waals surface area contributed by atoms with E-state index in [2.05, 4.69) is 15.0 Å². The predicted molar refractivity (Wildman–Crippen MR) is 80.3 cm³/mol. The lowest BCUT2D eigenvalue weighted by atomic mass is 10.3. The summed E-state index contributed by atoms with van der Waals surface area (Å²) in [5, 5.41) is 10.3. The molecule has 3 rings (SSSR count). The van der Waals surface area contributed by atoms with Gasteiger partial charge in [0.2, 0.25) is 0 Å². The van der Waals surface area contributed by atoms with Crippen LogP contribution in [0.1, 0.15) is 12.6 Å². The first kappa shape index (κ1) is 13.5. The second-order valence-electron chi connectivity index (χ2n) is 4.23. The van der Waals surface area contributed by atoms with Crippen LogP contribution in [-0.4, -0.2) is 21.6 Å². The largest absolute Gasteiger partial charge is 0.494 e. The number of fused-ring (bicyclic) bond motifs is 1. The minimum Gasteiger partial charge on any atom is -0.494 e. The van der Waals surface area contributed by atoms with Crippen LogP contribution in [0.25, 0.3) is 11.0 Å². The molecular formula is C15H12N4OS. The van der Waals surface area contributed by atoms with Crippen molar-refractivity contribution in [2.45, 2.75) is 17.1 Å². The second kappa shape index (κ2) is 5.85. The van der Waals surface area contributed by atoms with Crippen LogP contribution in [0, 0.1) is 11.3 Å². The van der Waals surface area contributed by atoms with Gasteiger partial charge in [-0.3, -0.25) is 0 Å². The molecule has 0 saturated carbocycles. The van der Waals surface area contributed by atoms with Crippen molar-refractivity contribution in [1.29, 1.82) is 5.26 Å². The Morgan fingerprint density at radius 2 is 2.19 bits per heavy atom. The van der Waals surface area contributed by atoms with E-state index in [1.165, 1.54) is 11.8 Å². The molecule has 0 atom stereocenters. The third kappa shape index (κ3) is 2.98. The van der Waals surface area contributed by atoms with E-state index in [4.69, 9.17) is 10.00 Å². The number of aromatic nitrogens is 3. The van der Waals surface area contributed by atoms with Gasteiger partial charge in [0.25, 0.3) is 0 Å². The van der Waals surface area contributed by atoms with Crippen molar-refractivity contribution in [1.82, 2.24) is 15.0 Å². The molecule has 104 valence electrons. The number of benzene rings is 1. The Bertz CT molecular complexity index is 822. The van der Waals surface area contributed by atoms with E-state index in [-0.39, 0.29) is 0 Å². The molecule has 1 aromatic carbocycles. The zero-order chi connectivity index (χ0) is 14.7. The molecule has 21 heavy (non-hydrogen) atoms. The molecule has 0 aliphatic carbocycles. The maximum absolute atomic E-state index is 8.86. The van der Waals surface area contributed by atoms with Gasteiger partial charge in [-0.25, -0.2) is 9.97 Å². The summed E-state index contributed by atoms with van der Waals surface area (Å²) in [7, 11) is 0. The standard InChI is InChI=1S/C15H12N4OS/c1-2-20-11-6-7-12-13(8-11)19-15(18-12)21-14-5-3-4-10(9-16)17-14/h3-8H,2H2,1H3,(H,18,19). The minimum atomic E-state index is 0.398. The first-order valence-corrected chi connectivity index (χ1v) is 7.27. The number of pyridine rings is 1. The van der Waals surface area contributed by atoms with E-state index < -0.39 is 0 Å².